The largest absolute Gasteiger partial charge is 0.300 e. The standard InChI is InChI=1S/C10H17N3/c1-8(2)13-6-9(7-13)10-4-5-11-12(10)3/h4-5,8-9H,6-7H2,1-3H3. The summed E-state index contributed by atoms with van der Waals surface area (Å²) in [5.41, 5.74) is 1.37. The number of hydrogen-bond donors (Lipinski definition) is 0. The van der Waals surface area contributed by atoms with E-state index in [1.54, 1.807) is 0 Å². The van der Waals surface area contributed by atoms with Crippen LogP contribution in [0, 0.1) is 0 Å². The average Bonchev–Trinajstić information content (AvgIpc) is 2.32. The van der Waals surface area contributed by atoms with Gasteiger partial charge in [-0.3, -0.25) is 9.58 Å². The van der Waals surface area contributed by atoms with Gasteiger partial charge in [0.1, 0.15) is 0 Å². The molecule has 1 aromatic rings. The summed E-state index contributed by atoms with van der Waals surface area (Å²) in [5, 5.41) is 4.19. The normalized spacial score (nSPS) is 19.4. The molecule has 1 saturated heterocycles. The highest BCUT2D eigenvalue weighted by Crippen LogP contribution is 2.27. The molecule has 1 aliphatic heterocycles. The molecule has 0 spiro atoms. The van der Waals surface area contributed by atoms with Gasteiger partial charge >= 0.3 is 0 Å². The molecular formula is C10H17N3. The van der Waals surface area contributed by atoms with E-state index in [9.17, 15) is 0 Å². The Kier molecular flexibility index (Phi) is 2.12. The van der Waals surface area contributed by atoms with Crippen molar-refractivity contribution in [1.82, 2.24) is 14.7 Å². The average molecular weight is 179 g/mol. The monoisotopic (exact) mass is 179 g/mol. The molecule has 0 radical (unpaired) electrons. The molecule has 0 atom stereocenters. The highest BCUT2D eigenvalue weighted by atomic mass is 15.3. The fourth-order valence-corrected chi connectivity index (χ4v) is 1.91. The molecule has 72 valence electrons. The number of aromatic nitrogens is 2. The van der Waals surface area contributed by atoms with Crippen molar-refractivity contribution < 1.29 is 0 Å². The van der Waals surface area contributed by atoms with Gasteiger partial charge in [0.05, 0.1) is 0 Å². The van der Waals surface area contributed by atoms with Crippen molar-refractivity contribution in [3.8, 4) is 0 Å². The number of rotatable bonds is 2. The zero-order valence-electron chi connectivity index (χ0n) is 8.57. The maximum Gasteiger partial charge on any atom is 0.0492 e. The molecule has 0 N–H and O–H groups in total. The van der Waals surface area contributed by atoms with Crippen LogP contribution < -0.4 is 0 Å². The van der Waals surface area contributed by atoms with Crippen molar-refractivity contribution >= 4 is 0 Å². The number of aryl methyl sites for hydroxylation is 1. The Morgan fingerprint density at radius 3 is 2.62 bits per heavy atom. The summed E-state index contributed by atoms with van der Waals surface area (Å²) < 4.78 is 1.99. The molecule has 0 bridgehead atoms. The Morgan fingerprint density at radius 1 is 1.46 bits per heavy atom. The molecule has 1 aromatic heterocycles. The fraction of sp³-hybridized carbons (Fsp3) is 0.700. The Morgan fingerprint density at radius 2 is 2.15 bits per heavy atom. The smallest absolute Gasteiger partial charge is 0.0492 e. The second-order valence-corrected chi connectivity index (χ2v) is 4.12. The van der Waals surface area contributed by atoms with E-state index >= 15 is 0 Å². The first-order valence-corrected chi connectivity index (χ1v) is 4.90. The van der Waals surface area contributed by atoms with Gasteiger partial charge in [0.2, 0.25) is 0 Å². The van der Waals surface area contributed by atoms with Gasteiger partial charge in [0.25, 0.3) is 0 Å². The summed E-state index contributed by atoms with van der Waals surface area (Å²) >= 11 is 0. The third kappa shape index (κ3) is 1.48. The Bertz CT molecular complexity index is 284. The van der Waals surface area contributed by atoms with Gasteiger partial charge in [-0.05, 0) is 19.9 Å². The lowest BCUT2D eigenvalue weighted by Gasteiger charge is -2.42. The lowest BCUT2D eigenvalue weighted by molar-refractivity contribution is 0.106. The van der Waals surface area contributed by atoms with Gasteiger partial charge in [-0.15, -0.1) is 0 Å². The Hall–Kier alpha value is -0.830. The first kappa shape index (κ1) is 8.75. The third-order valence-electron chi connectivity index (χ3n) is 2.92. The molecule has 0 amide bonds. The maximum atomic E-state index is 4.19. The topological polar surface area (TPSA) is 21.1 Å². The van der Waals surface area contributed by atoms with Crippen molar-refractivity contribution in [1.29, 1.82) is 0 Å². The molecule has 1 aliphatic rings. The van der Waals surface area contributed by atoms with Crippen LogP contribution in [0.1, 0.15) is 25.5 Å². The van der Waals surface area contributed by atoms with Crippen molar-refractivity contribution in [2.75, 3.05) is 13.1 Å². The predicted octanol–water partition coefficient (Wildman–Crippen LogP) is 1.23. The van der Waals surface area contributed by atoms with Crippen LogP contribution in [-0.4, -0.2) is 33.8 Å². The van der Waals surface area contributed by atoms with E-state index < -0.39 is 0 Å². The summed E-state index contributed by atoms with van der Waals surface area (Å²) in [6.45, 7) is 6.88. The molecular weight excluding hydrogens is 162 g/mol. The zero-order valence-corrected chi connectivity index (χ0v) is 8.57. The minimum Gasteiger partial charge on any atom is -0.300 e. The van der Waals surface area contributed by atoms with Crippen LogP contribution in [0.15, 0.2) is 12.3 Å². The fourth-order valence-electron chi connectivity index (χ4n) is 1.91. The first-order chi connectivity index (χ1) is 6.18. The van der Waals surface area contributed by atoms with E-state index in [2.05, 4.69) is 29.9 Å². The second kappa shape index (κ2) is 3.14. The number of nitrogens with zero attached hydrogens (tertiary/aromatic N) is 3. The van der Waals surface area contributed by atoms with Crippen molar-refractivity contribution in [2.24, 2.45) is 7.05 Å². The van der Waals surface area contributed by atoms with Gasteiger partial charge in [-0.25, -0.2) is 0 Å². The van der Waals surface area contributed by atoms with Crippen LogP contribution in [-0.2, 0) is 7.05 Å². The number of hydrogen-bond acceptors (Lipinski definition) is 2. The molecule has 0 aromatic carbocycles. The van der Waals surface area contributed by atoms with Crippen LogP contribution in [0.2, 0.25) is 0 Å². The SMILES string of the molecule is CC(C)N1CC(c2ccnn2C)C1. The van der Waals surface area contributed by atoms with Crippen LogP contribution in [0.5, 0.6) is 0 Å². The minimum atomic E-state index is 0.685. The highest BCUT2D eigenvalue weighted by molar-refractivity contribution is 5.13. The molecule has 0 unspecified atom stereocenters. The summed E-state index contributed by atoms with van der Waals surface area (Å²) in [6, 6.07) is 2.81. The van der Waals surface area contributed by atoms with Gasteiger partial charge in [-0.1, -0.05) is 0 Å². The van der Waals surface area contributed by atoms with Gasteiger partial charge in [0, 0.05) is 44.0 Å². The summed E-state index contributed by atoms with van der Waals surface area (Å²) in [6.07, 6.45) is 1.88. The first-order valence-electron chi connectivity index (χ1n) is 4.90. The van der Waals surface area contributed by atoms with E-state index in [4.69, 9.17) is 0 Å². The van der Waals surface area contributed by atoms with E-state index in [1.807, 2.05) is 17.9 Å². The van der Waals surface area contributed by atoms with Gasteiger partial charge < -0.3 is 0 Å². The molecule has 2 heterocycles. The van der Waals surface area contributed by atoms with Crippen molar-refractivity contribution in [2.45, 2.75) is 25.8 Å². The third-order valence-corrected chi connectivity index (χ3v) is 2.92. The lowest BCUT2D eigenvalue weighted by Crippen LogP contribution is -2.49. The predicted molar refractivity (Wildman–Crippen MR) is 52.7 cm³/mol. The van der Waals surface area contributed by atoms with E-state index in [0.29, 0.717) is 12.0 Å². The van der Waals surface area contributed by atoms with E-state index in [0.717, 1.165) is 0 Å². The van der Waals surface area contributed by atoms with Crippen molar-refractivity contribution in [3.05, 3.63) is 18.0 Å². The van der Waals surface area contributed by atoms with Gasteiger partial charge in [-0.2, -0.15) is 5.10 Å². The lowest BCUT2D eigenvalue weighted by atomic mass is 9.95. The van der Waals surface area contributed by atoms with Crippen LogP contribution >= 0.6 is 0 Å². The van der Waals surface area contributed by atoms with E-state index in [-0.39, 0.29) is 0 Å². The molecule has 0 saturated carbocycles. The molecule has 3 heteroatoms. The van der Waals surface area contributed by atoms with Crippen LogP contribution in [0.25, 0.3) is 0 Å². The molecule has 2 rings (SSSR count). The molecule has 3 nitrogen and oxygen atoms in total. The van der Waals surface area contributed by atoms with Crippen LogP contribution in [0.4, 0.5) is 0 Å². The Labute approximate surface area is 79.3 Å². The molecule has 1 fully saturated rings. The maximum absolute atomic E-state index is 4.19. The van der Waals surface area contributed by atoms with Crippen molar-refractivity contribution in [3.63, 3.8) is 0 Å². The summed E-state index contributed by atoms with van der Waals surface area (Å²) in [5.74, 6) is 0.704. The Balaban J connectivity index is 1.97. The van der Waals surface area contributed by atoms with Gasteiger partial charge in [0.15, 0.2) is 0 Å². The minimum absolute atomic E-state index is 0.685. The molecule has 0 aliphatic carbocycles. The quantitative estimate of drug-likeness (QED) is 0.681. The second-order valence-electron chi connectivity index (χ2n) is 4.12. The summed E-state index contributed by atoms with van der Waals surface area (Å²) in [4.78, 5) is 2.48. The number of likely N-dealkylation sites (tertiary alicyclic amines) is 1. The summed E-state index contributed by atoms with van der Waals surface area (Å²) in [7, 11) is 2.02. The zero-order chi connectivity index (χ0) is 9.42. The van der Waals surface area contributed by atoms with E-state index in [1.165, 1.54) is 18.8 Å². The van der Waals surface area contributed by atoms with Crippen LogP contribution in [0.3, 0.4) is 0 Å². The highest BCUT2D eigenvalue weighted by Gasteiger charge is 2.31. The molecule has 13 heavy (non-hydrogen) atoms.